The summed E-state index contributed by atoms with van der Waals surface area (Å²) in [6.45, 7) is 3.48. The van der Waals surface area contributed by atoms with E-state index in [0.717, 1.165) is 24.9 Å². The van der Waals surface area contributed by atoms with E-state index in [1.165, 1.54) is 0 Å². The lowest BCUT2D eigenvalue weighted by atomic mass is 9.89. The molecule has 1 aromatic carbocycles. The lowest BCUT2D eigenvalue weighted by molar-refractivity contribution is -0.146. The topological polar surface area (TPSA) is 52.6 Å². The SMILES string of the molecule is CCCCN(C)CC(NC)(C(=O)O)c1ccccc1. The molecule has 0 fully saturated rings. The van der Waals surface area contributed by atoms with Crippen molar-refractivity contribution in [2.24, 2.45) is 0 Å². The lowest BCUT2D eigenvalue weighted by Gasteiger charge is -2.33. The number of aliphatic carboxylic acids is 1. The smallest absolute Gasteiger partial charge is 0.329 e. The summed E-state index contributed by atoms with van der Waals surface area (Å²) in [5, 5.41) is 12.7. The minimum atomic E-state index is -1.05. The van der Waals surface area contributed by atoms with Gasteiger partial charge < -0.3 is 15.3 Å². The maximum Gasteiger partial charge on any atom is 0.329 e. The molecule has 0 radical (unpaired) electrons. The molecule has 0 aromatic heterocycles. The van der Waals surface area contributed by atoms with Gasteiger partial charge in [0.25, 0.3) is 0 Å². The normalized spacial score (nSPS) is 14.3. The fourth-order valence-corrected chi connectivity index (χ4v) is 2.25. The highest BCUT2D eigenvalue weighted by atomic mass is 16.4. The van der Waals surface area contributed by atoms with E-state index < -0.39 is 11.5 Å². The van der Waals surface area contributed by atoms with Gasteiger partial charge in [-0.05, 0) is 32.6 Å². The van der Waals surface area contributed by atoms with Crippen LogP contribution in [0.3, 0.4) is 0 Å². The Balaban J connectivity index is 2.97. The van der Waals surface area contributed by atoms with Crippen LogP contribution in [0.25, 0.3) is 0 Å². The molecule has 4 heteroatoms. The van der Waals surface area contributed by atoms with Crippen molar-refractivity contribution >= 4 is 5.97 Å². The minimum absolute atomic E-state index is 0.447. The third kappa shape index (κ3) is 3.78. The average Bonchev–Trinajstić information content (AvgIpc) is 2.43. The molecular formula is C15H24N2O2. The van der Waals surface area contributed by atoms with Crippen LogP contribution in [0, 0.1) is 0 Å². The van der Waals surface area contributed by atoms with Crippen molar-refractivity contribution in [2.45, 2.75) is 25.3 Å². The number of carboxylic acids is 1. The van der Waals surface area contributed by atoms with Gasteiger partial charge in [-0.15, -0.1) is 0 Å². The molecule has 0 saturated heterocycles. The van der Waals surface area contributed by atoms with E-state index in [4.69, 9.17) is 0 Å². The number of hydrogen-bond acceptors (Lipinski definition) is 3. The number of unbranched alkanes of at least 4 members (excludes halogenated alkanes) is 1. The summed E-state index contributed by atoms with van der Waals surface area (Å²) in [5.41, 5.74) is -0.266. The number of hydrogen-bond donors (Lipinski definition) is 2. The Hall–Kier alpha value is -1.39. The monoisotopic (exact) mass is 264 g/mol. The summed E-state index contributed by atoms with van der Waals surface area (Å²) >= 11 is 0. The average molecular weight is 264 g/mol. The van der Waals surface area contributed by atoms with E-state index in [1.54, 1.807) is 7.05 Å². The second kappa shape index (κ2) is 7.26. The fourth-order valence-electron chi connectivity index (χ4n) is 2.25. The predicted octanol–water partition coefficient (Wildman–Crippen LogP) is 1.92. The Bertz CT molecular complexity index is 394. The van der Waals surface area contributed by atoms with Gasteiger partial charge in [-0.3, -0.25) is 0 Å². The van der Waals surface area contributed by atoms with Gasteiger partial charge in [0.05, 0.1) is 0 Å². The molecule has 0 aliphatic carbocycles. The molecule has 0 aliphatic heterocycles. The summed E-state index contributed by atoms with van der Waals surface area (Å²) in [6, 6.07) is 9.36. The number of nitrogens with zero attached hydrogens (tertiary/aromatic N) is 1. The molecule has 0 saturated carbocycles. The molecular weight excluding hydrogens is 240 g/mol. The molecule has 0 heterocycles. The van der Waals surface area contributed by atoms with Crippen molar-refractivity contribution in [3.05, 3.63) is 35.9 Å². The summed E-state index contributed by atoms with van der Waals surface area (Å²) in [7, 11) is 3.67. The Labute approximate surface area is 115 Å². The first-order chi connectivity index (χ1) is 9.06. The third-order valence-corrected chi connectivity index (χ3v) is 3.46. The first-order valence-corrected chi connectivity index (χ1v) is 6.73. The van der Waals surface area contributed by atoms with E-state index in [-0.39, 0.29) is 0 Å². The second-order valence-corrected chi connectivity index (χ2v) is 4.92. The Morgan fingerprint density at radius 2 is 2.00 bits per heavy atom. The van der Waals surface area contributed by atoms with E-state index in [2.05, 4.69) is 17.1 Å². The summed E-state index contributed by atoms with van der Waals surface area (Å²) < 4.78 is 0. The molecule has 0 bridgehead atoms. The Morgan fingerprint density at radius 1 is 1.37 bits per heavy atom. The van der Waals surface area contributed by atoms with E-state index in [1.807, 2.05) is 37.4 Å². The molecule has 4 nitrogen and oxygen atoms in total. The van der Waals surface area contributed by atoms with E-state index in [0.29, 0.717) is 6.54 Å². The fraction of sp³-hybridized carbons (Fsp3) is 0.533. The standard InChI is InChI=1S/C15H24N2O2/c1-4-5-11-17(3)12-15(16-2,14(18)19)13-9-7-6-8-10-13/h6-10,16H,4-5,11-12H2,1-3H3,(H,18,19). The molecule has 19 heavy (non-hydrogen) atoms. The third-order valence-electron chi connectivity index (χ3n) is 3.46. The minimum Gasteiger partial charge on any atom is -0.480 e. The van der Waals surface area contributed by atoms with Crippen molar-refractivity contribution < 1.29 is 9.90 Å². The second-order valence-electron chi connectivity index (χ2n) is 4.92. The Morgan fingerprint density at radius 3 is 2.47 bits per heavy atom. The van der Waals surface area contributed by atoms with Gasteiger partial charge in [0.2, 0.25) is 0 Å². The molecule has 1 unspecified atom stereocenters. The molecule has 0 spiro atoms. The molecule has 2 N–H and O–H groups in total. The van der Waals surface area contributed by atoms with Gasteiger partial charge in [-0.1, -0.05) is 43.7 Å². The number of benzene rings is 1. The van der Waals surface area contributed by atoms with Gasteiger partial charge >= 0.3 is 5.97 Å². The molecule has 106 valence electrons. The zero-order chi connectivity index (χ0) is 14.3. The highest BCUT2D eigenvalue weighted by molar-refractivity contribution is 5.81. The van der Waals surface area contributed by atoms with Crippen LogP contribution in [0.4, 0.5) is 0 Å². The van der Waals surface area contributed by atoms with Gasteiger partial charge in [-0.2, -0.15) is 0 Å². The van der Waals surface area contributed by atoms with Crippen LogP contribution in [0.15, 0.2) is 30.3 Å². The van der Waals surface area contributed by atoms with Crippen LogP contribution in [0.2, 0.25) is 0 Å². The lowest BCUT2D eigenvalue weighted by Crippen LogP contribution is -2.54. The van der Waals surface area contributed by atoms with Gasteiger partial charge in [0.1, 0.15) is 0 Å². The van der Waals surface area contributed by atoms with Crippen LogP contribution >= 0.6 is 0 Å². The van der Waals surface area contributed by atoms with Crippen molar-refractivity contribution in [1.82, 2.24) is 10.2 Å². The van der Waals surface area contributed by atoms with E-state index >= 15 is 0 Å². The van der Waals surface area contributed by atoms with Crippen molar-refractivity contribution in [3.63, 3.8) is 0 Å². The zero-order valence-electron chi connectivity index (χ0n) is 12.0. The Kier molecular flexibility index (Phi) is 5.99. The van der Waals surface area contributed by atoms with Crippen LogP contribution in [0.5, 0.6) is 0 Å². The van der Waals surface area contributed by atoms with Gasteiger partial charge in [0.15, 0.2) is 5.54 Å². The first kappa shape index (κ1) is 15.7. The number of carboxylic acid groups (broad SMARTS) is 1. The van der Waals surface area contributed by atoms with E-state index in [9.17, 15) is 9.90 Å². The molecule has 1 atom stereocenters. The summed E-state index contributed by atoms with van der Waals surface area (Å²) in [4.78, 5) is 13.8. The van der Waals surface area contributed by atoms with Crippen LogP contribution in [-0.2, 0) is 10.3 Å². The van der Waals surface area contributed by atoms with Crippen LogP contribution in [-0.4, -0.2) is 43.2 Å². The van der Waals surface area contributed by atoms with Crippen molar-refractivity contribution in [1.29, 1.82) is 0 Å². The summed E-state index contributed by atoms with van der Waals surface area (Å²) in [6.07, 6.45) is 2.18. The molecule has 1 rings (SSSR count). The number of carbonyl (C=O) groups is 1. The maximum atomic E-state index is 11.8. The molecule has 0 amide bonds. The van der Waals surface area contributed by atoms with Crippen molar-refractivity contribution in [2.75, 3.05) is 27.2 Å². The quantitative estimate of drug-likeness (QED) is 0.753. The van der Waals surface area contributed by atoms with Crippen LogP contribution < -0.4 is 5.32 Å². The highest BCUT2D eigenvalue weighted by Crippen LogP contribution is 2.22. The van der Waals surface area contributed by atoms with Gasteiger partial charge in [-0.25, -0.2) is 4.79 Å². The number of rotatable bonds is 8. The highest BCUT2D eigenvalue weighted by Gasteiger charge is 2.39. The van der Waals surface area contributed by atoms with Crippen molar-refractivity contribution in [3.8, 4) is 0 Å². The molecule has 0 aliphatic rings. The largest absolute Gasteiger partial charge is 0.480 e. The number of likely N-dealkylation sites (N-methyl/N-ethyl adjacent to an activating group) is 2. The van der Waals surface area contributed by atoms with Crippen LogP contribution in [0.1, 0.15) is 25.3 Å². The van der Waals surface area contributed by atoms with Gasteiger partial charge in [0, 0.05) is 6.54 Å². The molecule has 1 aromatic rings. The summed E-state index contributed by atoms with van der Waals surface area (Å²) in [5.74, 6) is -0.843. The zero-order valence-corrected chi connectivity index (χ0v) is 12.0. The predicted molar refractivity (Wildman–Crippen MR) is 77.2 cm³/mol. The maximum absolute atomic E-state index is 11.8. The first-order valence-electron chi connectivity index (χ1n) is 6.73. The number of nitrogens with one attached hydrogen (secondary N) is 1.